The number of aromatic nitrogens is 1. The molecule has 4 nitrogen and oxygen atoms in total. The van der Waals surface area contributed by atoms with Gasteiger partial charge in [0.25, 0.3) is 0 Å². The van der Waals surface area contributed by atoms with Crippen molar-refractivity contribution in [2.45, 2.75) is 20.4 Å². The molecule has 5 heteroatoms. The van der Waals surface area contributed by atoms with E-state index in [2.05, 4.69) is 33.8 Å². The smallest absolute Gasteiger partial charge is 0.159 e. The summed E-state index contributed by atoms with van der Waals surface area (Å²) in [5.41, 5.74) is 1.99. The van der Waals surface area contributed by atoms with Gasteiger partial charge in [0.1, 0.15) is 0 Å². The minimum absolute atomic E-state index is 0.122. The normalized spacial score (nSPS) is 16.0. The molecule has 0 unspecified atom stereocenters. The number of piperazine rings is 1. The van der Waals surface area contributed by atoms with Crippen LogP contribution in [-0.2, 0) is 6.54 Å². The highest BCUT2D eigenvalue weighted by atomic mass is 32.1. The molecule has 0 radical (unpaired) electrons. The third-order valence-corrected chi connectivity index (χ3v) is 4.96. The largest absolute Gasteiger partial charge is 0.369 e. The first-order valence-corrected chi connectivity index (χ1v) is 8.43. The SMILES string of the molecule is CC(=O)c1ccc(N2CCN(Cc3cnc(C)s3)CC2)cc1. The van der Waals surface area contributed by atoms with Crippen molar-refractivity contribution in [3.8, 4) is 0 Å². The van der Waals surface area contributed by atoms with E-state index in [1.165, 1.54) is 10.6 Å². The van der Waals surface area contributed by atoms with E-state index < -0.39 is 0 Å². The van der Waals surface area contributed by atoms with Gasteiger partial charge in [0.2, 0.25) is 0 Å². The second-order valence-electron chi connectivity index (χ2n) is 5.71. The molecule has 0 saturated carbocycles. The quantitative estimate of drug-likeness (QED) is 0.813. The molecule has 1 aromatic heterocycles. The molecule has 1 aromatic carbocycles. The van der Waals surface area contributed by atoms with Crippen LogP contribution in [0.1, 0.15) is 27.2 Å². The predicted octanol–water partition coefficient (Wildman–Crippen LogP) is 2.98. The molecule has 2 heterocycles. The number of Topliss-reactive ketones (excluding diaryl/α,β-unsaturated/α-hetero) is 1. The minimum Gasteiger partial charge on any atom is -0.369 e. The van der Waals surface area contributed by atoms with Gasteiger partial charge in [-0.1, -0.05) is 0 Å². The summed E-state index contributed by atoms with van der Waals surface area (Å²) in [4.78, 5) is 21.9. The zero-order valence-electron chi connectivity index (χ0n) is 13.1. The standard InChI is InChI=1S/C17H21N3OS/c1-13(21)15-3-5-16(6-4-15)20-9-7-19(8-10-20)12-17-11-18-14(2)22-17/h3-6,11H,7-10,12H2,1-2H3. The highest BCUT2D eigenvalue weighted by Gasteiger charge is 2.18. The van der Waals surface area contributed by atoms with E-state index in [1.807, 2.05) is 18.3 Å². The maximum Gasteiger partial charge on any atom is 0.159 e. The highest BCUT2D eigenvalue weighted by molar-refractivity contribution is 7.11. The Hall–Kier alpha value is -1.72. The fraction of sp³-hybridized carbons (Fsp3) is 0.412. The van der Waals surface area contributed by atoms with E-state index >= 15 is 0 Å². The van der Waals surface area contributed by atoms with Crippen molar-refractivity contribution in [3.63, 3.8) is 0 Å². The van der Waals surface area contributed by atoms with Gasteiger partial charge in [-0.05, 0) is 38.1 Å². The maximum atomic E-state index is 11.3. The molecule has 1 aliphatic rings. The second kappa shape index (κ2) is 6.58. The summed E-state index contributed by atoms with van der Waals surface area (Å²) < 4.78 is 0. The Labute approximate surface area is 135 Å². The van der Waals surface area contributed by atoms with Crippen molar-refractivity contribution in [1.82, 2.24) is 9.88 Å². The van der Waals surface area contributed by atoms with Crippen molar-refractivity contribution in [2.75, 3.05) is 31.1 Å². The molecule has 0 N–H and O–H groups in total. The molecule has 0 bridgehead atoms. The summed E-state index contributed by atoms with van der Waals surface area (Å²) in [6.45, 7) is 8.83. The number of nitrogens with zero attached hydrogens (tertiary/aromatic N) is 3. The van der Waals surface area contributed by atoms with E-state index in [9.17, 15) is 4.79 Å². The summed E-state index contributed by atoms with van der Waals surface area (Å²) in [5, 5.41) is 1.14. The van der Waals surface area contributed by atoms with Crippen LogP contribution in [0.5, 0.6) is 0 Å². The number of anilines is 1. The van der Waals surface area contributed by atoms with Crippen LogP contribution < -0.4 is 4.90 Å². The Balaban J connectivity index is 1.56. The monoisotopic (exact) mass is 315 g/mol. The first-order chi connectivity index (χ1) is 10.6. The maximum absolute atomic E-state index is 11.3. The number of benzene rings is 1. The number of carbonyl (C=O) groups is 1. The van der Waals surface area contributed by atoms with Gasteiger partial charge in [0.05, 0.1) is 5.01 Å². The molecular formula is C17H21N3OS. The van der Waals surface area contributed by atoms with Crippen LogP contribution in [0.25, 0.3) is 0 Å². The van der Waals surface area contributed by atoms with Crippen molar-refractivity contribution in [1.29, 1.82) is 0 Å². The van der Waals surface area contributed by atoms with Gasteiger partial charge < -0.3 is 4.90 Å². The lowest BCUT2D eigenvalue weighted by molar-refractivity contribution is 0.101. The topological polar surface area (TPSA) is 36.4 Å². The lowest BCUT2D eigenvalue weighted by atomic mass is 10.1. The van der Waals surface area contributed by atoms with Crippen LogP contribution in [0.4, 0.5) is 5.69 Å². The molecule has 1 aliphatic heterocycles. The zero-order chi connectivity index (χ0) is 15.5. The van der Waals surface area contributed by atoms with Gasteiger partial charge >= 0.3 is 0 Å². The third-order valence-electron chi connectivity index (χ3n) is 4.06. The molecule has 1 saturated heterocycles. The first-order valence-electron chi connectivity index (χ1n) is 7.61. The van der Waals surface area contributed by atoms with E-state index in [1.54, 1.807) is 18.3 Å². The van der Waals surface area contributed by atoms with Crippen molar-refractivity contribution >= 4 is 22.8 Å². The lowest BCUT2D eigenvalue weighted by Gasteiger charge is -2.35. The number of aryl methyl sites for hydroxylation is 1. The molecular weight excluding hydrogens is 294 g/mol. The fourth-order valence-electron chi connectivity index (χ4n) is 2.77. The summed E-state index contributed by atoms with van der Waals surface area (Å²) in [7, 11) is 0. The molecule has 116 valence electrons. The summed E-state index contributed by atoms with van der Waals surface area (Å²) in [5.74, 6) is 0.122. The van der Waals surface area contributed by atoms with Crippen LogP contribution in [0.15, 0.2) is 30.5 Å². The van der Waals surface area contributed by atoms with Gasteiger partial charge in [-0.2, -0.15) is 0 Å². The van der Waals surface area contributed by atoms with Gasteiger partial charge in [-0.25, -0.2) is 4.98 Å². The van der Waals surface area contributed by atoms with Crippen LogP contribution in [0, 0.1) is 6.92 Å². The molecule has 3 rings (SSSR count). The van der Waals surface area contributed by atoms with Crippen LogP contribution >= 0.6 is 11.3 Å². The summed E-state index contributed by atoms with van der Waals surface area (Å²) in [6.07, 6.45) is 1.99. The number of rotatable bonds is 4. The van der Waals surface area contributed by atoms with Crippen LogP contribution in [0.3, 0.4) is 0 Å². The fourth-order valence-corrected chi connectivity index (χ4v) is 3.61. The van der Waals surface area contributed by atoms with Gasteiger partial charge in [0.15, 0.2) is 5.78 Å². The average molecular weight is 315 g/mol. The number of carbonyl (C=O) groups excluding carboxylic acids is 1. The van der Waals surface area contributed by atoms with Gasteiger partial charge in [-0.3, -0.25) is 9.69 Å². The third kappa shape index (κ3) is 3.54. The average Bonchev–Trinajstić information content (AvgIpc) is 2.93. The molecule has 2 aromatic rings. The highest BCUT2D eigenvalue weighted by Crippen LogP contribution is 2.20. The number of thiazole rings is 1. The Morgan fingerprint density at radius 3 is 2.41 bits per heavy atom. The van der Waals surface area contributed by atoms with E-state index in [0.717, 1.165) is 43.3 Å². The van der Waals surface area contributed by atoms with E-state index in [-0.39, 0.29) is 5.78 Å². The van der Waals surface area contributed by atoms with Crippen LogP contribution in [0.2, 0.25) is 0 Å². The van der Waals surface area contributed by atoms with Gasteiger partial charge in [-0.15, -0.1) is 11.3 Å². The molecule has 0 atom stereocenters. The minimum atomic E-state index is 0.122. The lowest BCUT2D eigenvalue weighted by Crippen LogP contribution is -2.45. The number of hydrogen-bond donors (Lipinski definition) is 0. The van der Waals surface area contributed by atoms with Gasteiger partial charge in [0, 0.05) is 55.0 Å². The Kier molecular flexibility index (Phi) is 4.55. The Bertz CT molecular complexity index is 642. The molecule has 0 spiro atoms. The molecule has 0 amide bonds. The first kappa shape index (κ1) is 15.2. The molecule has 1 fully saturated rings. The predicted molar refractivity (Wildman–Crippen MR) is 90.8 cm³/mol. The van der Waals surface area contributed by atoms with E-state index in [0.29, 0.717) is 0 Å². The second-order valence-corrected chi connectivity index (χ2v) is 7.03. The molecule has 22 heavy (non-hydrogen) atoms. The van der Waals surface area contributed by atoms with Crippen molar-refractivity contribution in [2.24, 2.45) is 0 Å². The van der Waals surface area contributed by atoms with E-state index in [4.69, 9.17) is 0 Å². The zero-order valence-corrected chi connectivity index (χ0v) is 13.9. The van der Waals surface area contributed by atoms with Crippen molar-refractivity contribution < 1.29 is 4.79 Å². The summed E-state index contributed by atoms with van der Waals surface area (Å²) in [6, 6.07) is 7.95. The number of hydrogen-bond acceptors (Lipinski definition) is 5. The van der Waals surface area contributed by atoms with Crippen molar-refractivity contribution in [3.05, 3.63) is 45.9 Å². The Morgan fingerprint density at radius 2 is 1.86 bits per heavy atom. The summed E-state index contributed by atoms with van der Waals surface area (Å²) >= 11 is 1.78. The number of ketones is 1. The Morgan fingerprint density at radius 1 is 1.18 bits per heavy atom. The van der Waals surface area contributed by atoms with Crippen LogP contribution in [-0.4, -0.2) is 41.8 Å². The molecule has 0 aliphatic carbocycles.